The van der Waals surface area contributed by atoms with Crippen LogP contribution in [0.2, 0.25) is 0 Å². The van der Waals surface area contributed by atoms with Crippen LogP contribution in [0.15, 0.2) is 42.5 Å². The molecule has 0 aliphatic heterocycles. The molecular formula is C18H17F5N2O2. The molecule has 27 heavy (non-hydrogen) atoms. The molecule has 0 fully saturated rings. The zero-order valence-corrected chi connectivity index (χ0v) is 14.0. The molecular weight excluding hydrogens is 371 g/mol. The fourth-order valence-corrected chi connectivity index (χ4v) is 2.36. The fraction of sp³-hybridized carbons (Fsp3) is 0.278. The number of nitrogens with two attached hydrogens (primary N) is 1. The van der Waals surface area contributed by atoms with Gasteiger partial charge in [-0.3, -0.25) is 4.79 Å². The van der Waals surface area contributed by atoms with Crippen molar-refractivity contribution in [2.75, 3.05) is 5.32 Å². The molecule has 0 saturated carbocycles. The highest BCUT2D eigenvalue weighted by Crippen LogP contribution is 2.32. The van der Waals surface area contributed by atoms with Crippen LogP contribution in [0.3, 0.4) is 0 Å². The van der Waals surface area contributed by atoms with E-state index in [0.29, 0.717) is 5.56 Å². The number of nitrogens with one attached hydrogen (secondary N) is 1. The summed E-state index contributed by atoms with van der Waals surface area (Å²) < 4.78 is 67.1. The van der Waals surface area contributed by atoms with Gasteiger partial charge in [-0.25, -0.2) is 0 Å². The number of amides is 1. The maximum absolute atomic E-state index is 12.9. The normalized spacial score (nSPS) is 11.5. The average molecular weight is 388 g/mol. The molecule has 1 amide bonds. The number of carbonyl (C=O) groups is 1. The van der Waals surface area contributed by atoms with Gasteiger partial charge in [-0.1, -0.05) is 12.1 Å². The molecule has 9 heteroatoms. The van der Waals surface area contributed by atoms with Gasteiger partial charge in [0.05, 0.1) is 5.56 Å². The van der Waals surface area contributed by atoms with Crippen LogP contribution in [0.25, 0.3) is 0 Å². The van der Waals surface area contributed by atoms with Crippen LogP contribution in [0.5, 0.6) is 5.75 Å². The Labute approximate surface area is 152 Å². The minimum Gasteiger partial charge on any atom is -0.435 e. The summed E-state index contributed by atoms with van der Waals surface area (Å²) in [7, 11) is 0. The first-order chi connectivity index (χ1) is 12.7. The summed E-state index contributed by atoms with van der Waals surface area (Å²) in [5.41, 5.74) is 5.46. The van der Waals surface area contributed by atoms with Crippen molar-refractivity contribution in [3.63, 3.8) is 0 Å². The number of benzene rings is 2. The molecule has 3 N–H and O–H groups in total. The van der Waals surface area contributed by atoms with Gasteiger partial charge in [0.2, 0.25) is 5.91 Å². The van der Waals surface area contributed by atoms with E-state index in [1.165, 1.54) is 30.3 Å². The first kappa shape index (κ1) is 20.6. The van der Waals surface area contributed by atoms with E-state index in [9.17, 15) is 26.7 Å². The van der Waals surface area contributed by atoms with Gasteiger partial charge in [-0.15, -0.1) is 0 Å². The van der Waals surface area contributed by atoms with E-state index in [4.69, 9.17) is 5.73 Å². The number of rotatable bonds is 7. The van der Waals surface area contributed by atoms with Crippen molar-refractivity contribution >= 4 is 11.6 Å². The Hall–Kier alpha value is -2.68. The van der Waals surface area contributed by atoms with E-state index in [0.717, 1.165) is 12.1 Å². The Morgan fingerprint density at radius 2 is 1.74 bits per heavy atom. The molecule has 0 aromatic heterocycles. The summed E-state index contributed by atoms with van der Waals surface area (Å²) in [6, 6.07) is 8.90. The molecule has 0 unspecified atom stereocenters. The maximum atomic E-state index is 12.9. The van der Waals surface area contributed by atoms with Crippen molar-refractivity contribution in [1.82, 2.24) is 0 Å². The summed E-state index contributed by atoms with van der Waals surface area (Å²) >= 11 is 0. The lowest BCUT2D eigenvalue weighted by Gasteiger charge is -2.12. The van der Waals surface area contributed by atoms with Crippen molar-refractivity contribution in [1.29, 1.82) is 0 Å². The third-order valence-electron chi connectivity index (χ3n) is 3.63. The topological polar surface area (TPSA) is 64.3 Å². The van der Waals surface area contributed by atoms with E-state index in [1.807, 2.05) is 0 Å². The molecule has 146 valence electrons. The van der Waals surface area contributed by atoms with Crippen molar-refractivity contribution in [2.24, 2.45) is 5.73 Å². The first-order valence-corrected chi connectivity index (χ1v) is 7.92. The van der Waals surface area contributed by atoms with Gasteiger partial charge in [0, 0.05) is 18.7 Å². The summed E-state index contributed by atoms with van der Waals surface area (Å²) in [6.45, 7) is -3.02. The van der Waals surface area contributed by atoms with E-state index < -0.39 is 24.3 Å². The molecule has 2 aromatic carbocycles. The largest absolute Gasteiger partial charge is 0.435 e. The summed E-state index contributed by atoms with van der Waals surface area (Å²) in [5.74, 6) is -0.485. The second-order valence-corrected chi connectivity index (χ2v) is 5.69. The maximum Gasteiger partial charge on any atom is 0.416 e. The van der Waals surface area contributed by atoms with Gasteiger partial charge in [0.25, 0.3) is 0 Å². The van der Waals surface area contributed by atoms with Gasteiger partial charge in [-0.05, 0) is 47.9 Å². The monoisotopic (exact) mass is 388 g/mol. The second-order valence-electron chi connectivity index (χ2n) is 5.69. The highest BCUT2D eigenvalue weighted by Gasteiger charge is 2.31. The number of carbonyl (C=O) groups excluding carboxylic acids is 1. The first-order valence-electron chi connectivity index (χ1n) is 7.92. The van der Waals surface area contributed by atoms with Crippen LogP contribution in [0.1, 0.15) is 23.1 Å². The molecule has 0 bridgehead atoms. The lowest BCUT2D eigenvalue weighted by molar-refractivity contribution is -0.137. The number of aryl methyl sites for hydroxylation is 1. The van der Waals surface area contributed by atoms with Crippen LogP contribution >= 0.6 is 0 Å². The number of hydrogen-bond acceptors (Lipinski definition) is 3. The molecule has 4 nitrogen and oxygen atoms in total. The quantitative estimate of drug-likeness (QED) is 0.694. The smallest absolute Gasteiger partial charge is 0.416 e. The third kappa shape index (κ3) is 6.52. The lowest BCUT2D eigenvalue weighted by atomic mass is 10.1. The zero-order valence-electron chi connectivity index (χ0n) is 14.0. The SMILES string of the molecule is NCc1cc(NC(=O)CCc2ccc(OC(F)F)cc2)cc(C(F)(F)F)c1. The predicted molar refractivity (Wildman–Crippen MR) is 89.4 cm³/mol. The number of anilines is 1. The van der Waals surface area contributed by atoms with Crippen molar-refractivity contribution in [2.45, 2.75) is 32.2 Å². The molecule has 0 spiro atoms. The van der Waals surface area contributed by atoms with E-state index >= 15 is 0 Å². The zero-order chi connectivity index (χ0) is 20.0. The Kier molecular flexibility index (Phi) is 6.73. The molecule has 0 saturated heterocycles. The summed E-state index contributed by atoms with van der Waals surface area (Å²) in [4.78, 5) is 12.0. The van der Waals surface area contributed by atoms with Crippen LogP contribution in [-0.4, -0.2) is 12.5 Å². The predicted octanol–water partition coefficient (Wildman–Crippen LogP) is 4.34. The van der Waals surface area contributed by atoms with E-state index in [2.05, 4.69) is 10.1 Å². The van der Waals surface area contributed by atoms with Crippen LogP contribution in [0.4, 0.5) is 27.6 Å². The van der Waals surface area contributed by atoms with Gasteiger partial charge in [0.15, 0.2) is 0 Å². The summed E-state index contributed by atoms with van der Waals surface area (Å²) in [5, 5.41) is 2.42. The fourth-order valence-electron chi connectivity index (χ4n) is 2.36. The Morgan fingerprint density at radius 3 is 2.30 bits per heavy atom. The number of hydrogen-bond donors (Lipinski definition) is 2. The number of alkyl halides is 5. The van der Waals surface area contributed by atoms with Gasteiger partial charge < -0.3 is 15.8 Å². The molecule has 2 rings (SSSR count). The van der Waals surface area contributed by atoms with Crippen LogP contribution in [-0.2, 0) is 23.9 Å². The van der Waals surface area contributed by atoms with E-state index in [-0.39, 0.29) is 36.4 Å². The molecule has 0 atom stereocenters. The third-order valence-corrected chi connectivity index (χ3v) is 3.63. The molecule has 0 aliphatic rings. The van der Waals surface area contributed by atoms with Gasteiger partial charge in [-0.2, -0.15) is 22.0 Å². The van der Waals surface area contributed by atoms with Gasteiger partial charge in [0.1, 0.15) is 5.75 Å². The Bertz CT molecular complexity index is 776. The minimum absolute atomic E-state index is 0.00323. The van der Waals surface area contributed by atoms with Crippen molar-refractivity contribution in [3.05, 3.63) is 59.2 Å². The molecule has 0 heterocycles. The summed E-state index contributed by atoms with van der Waals surface area (Å²) in [6.07, 6.45) is -4.26. The van der Waals surface area contributed by atoms with Crippen LogP contribution in [0, 0.1) is 0 Å². The average Bonchev–Trinajstić information content (AvgIpc) is 2.59. The Morgan fingerprint density at radius 1 is 1.07 bits per heavy atom. The minimum atomic E-state index is -4.55. The molecule has 2 aromatic rings. The number of ether oxygens (including phenoxy) is 1. The highest BCUT2D eigenvalue weighted by atomic mass is 19.4. The highest BCUT2D eigenvalue weighted by molar-refractivity contribution is 5.91. The lowest BCUT2D eigenvalue weighted by Crippen LogP contribution is -2.14. The van der Waals surface area contributed by atoms with Crippen molar-refractivity contribution < 1.29 is 31.5 Å². The Balaban J connectivity index is 1.97. The molecule has 0 aliphatic carbocycles. The number of halogens is 5. The van der Waals surface area contributed by atoms with Crippen molar-refractivity contribution in [3.8, 4) is 5.75 Å². The van der Waals surface area contributed by atoms with Gasteiger partial charge >= 0.3 is 12.8 Å². The second kappa shape index (κ2) is 8.81. The van der Waals surface area contributed by atoms with E-state index in [1.54, 1.807) is 0 Å². The van der Waals surface area contributed by atoms with Crippen LogP contribution < -0.4 is 15.8 Å². The standard InChI is InChI=1S/C18H17F5N2O2/c19-17(20)27-15-4-1-11(2-5-15)3-6-16(26)25-14-8-12(10-24)7-13(9-14)18(21,22)23/h1-2,4-5,7-9,17H,3,6,10,24H2,(H,25,26). The molecule has 0 radical (unpaired) electrons.